The van der Waals surface area contributed by atoms with Crippen LogP contribution in [0.15, 0.2) is 11.2 Å². The van der Waals surface area contributed by atoms with Crippen molar-refractivity contribution in [2.75, 3.05) is 31.2 Å². The standard InChI is InChI=1S/C17H22F6N6O2S/c1-9-14(25-8-28(9)7-13(19)20)15-10(17(21,22)23)5-24-16(27-15)26-12-3-4-29(6-11(12)18)32(2,30)31/h5,8-9,11-14H,3-4,6-7H2,1-2H3,(H,24,26,27)/t9?,11-,12+,14?/m1/s1. The van der Waals surface area contributed by atoms with Gasteiger partial charge in [-0.1, -0.05) is 0 Å². The lowest BCUT2D eigenvalue weighted by Crippen LogP contribution is -2.49. The number of aromatic nitrogens is 2. The minimum Gasteiger partial charge on any atom is -0.352 e. The third-order valence-electron chi connectivity index (χ3n) is 5.40. The molecule has 0 bridgehead atoms. The van der Waals surface area contributed by atoms with Gasteiger partial charge in [0.1, 0.15) is 12.2 Å². The minimum atomic E-state index is -4.82. The van der Waals surface area contributed by atoms with E-state index in [1.54, 1.807) is 0 Å². The van der Waals surface area contributed by atoms with Crippen LogP contribution in [0.3, 0.4) is 0 Å². The number of piperidine rings is 1. The van der Waals surface area contributed by atoms with Crippen molar-refractivity contribution >= 4 is 22.3 Å². The second kappa shape index (κ2) is 9.00. The van der Waals surface area contributed by atoms with Crippen LogP contribution >= 0.6 is 0 Å². The molecule has 1 fully saturated rings. The first-order valence-corrected chi connectivity index (χ1v) is 11.5. The SMILES string of the molecule is CC1C(c2nc(N[C@H]3CCN(S(C)(=O)=O)C[C@H]3F)ncc2C(F)(F)F)N=CN1CC(F)F. The summed E-state index contributed by atoms with van der Waals surface area (Å²) < 4.78 is 105. The molecule has 3 rings (SSSR count). The second-order valence-corrected chi connectivity index (χ2v) is 9.69. The van der Waals surface area contributed by atoms with E-state index in [0.29, 0.717) is 6.20 Å². The molecule has 4 atom stereocenters. The van der Waals surface area contributed by atoms with Gasteiger partial charge in [0.2, 0.25) is 16.0 Å². The third-order valence-corrected chi connectivity index (χ3v) is 6.67. The van der Waals surface area contributed by atoms with E-state index in [-0.39, 0.29) is 18.9 Å². The summed E-state index contributed by atoms with van der Waals surface area (Å²) in [5.74, 6) is -0.289. The van der Waals surface area contributed by atoms with Crippen molar-refractivity contribution in [3.05, 3.63) is 17.5 Å². The largest absolute Gasteiger partial charge is 0.419 e. The topological polar surface area (TPSA) is 90.8 Å². The van der Waals surface area contributed by atoms with Crippen LogP contribution in [0.5, 0.6) is 0 Å². The zero-order chi connectivity index (χ0) is 23.8. The van der Waals surface area contributed by atoms with Crippen molar-refractivity contribution in [2.45, 2.75) is 50.2 Å². The van der Waals surface area contributed by atoms with Crippen LogP contribution in [0.1, 0.15) is 30.6 Å². The fourth-order valence-corrected chi connectivity index (χ4v) is 4.51. The maximum atomic E-state index is 14.5. The van der Waals surface area contributed by atoms with Crippen LogP contribution in [0.4, 0.5) is 32.3 Å². The summed E-state index contributed by atoms with van der Waals surface area (Å²) in [6, 6.07) is -2.92. The first-order chi connectivity index (χ1) is 14.8. The first kappa shape index (κ1) is 24.5. The van der Waals surface area contributed by atoms with Crippen molar-refractivity contribution in [3.8, 4) is 0 Å². The maximum absolute atomic E-state index is 14.5. The Balaban J connectivity index is 1.84. The van der Waals surface area contributed by atoms with E-state index in [1.165, 1.54) is 6.92 Å². The summed E-state index contributed by atoms with van der Waals surface area (Å²) in [6.07, 6.45) is -6.54. The highest BCUT2D eigenvalue weighted by atomic mass is 32.2. The lowest BCUT2D eigenvalue weighted by atomic mass is 10.0. The van der Waals surface area contributed by atoms with E-state index in [4.69, 9.17) is 0 Å². The summed E-state index contributed by atoms with van der Waals surface area (Å²) in [7, 11) is -3.58. The molecule has 180 valence electrons. The van der Waals surface area contributed by atoms with Crippen molar-refractivity contribution in [3.63, 3.8) is 0 Å². The zero-order valence-electron chi connectivity index (χ0n) is 17.1. The lowest BCUT2D eigenvalue weighted by Gasteiger charge is -2.33. The Morgan fingerprint density at radius 1 is 1.31 bits per heavy atom. The highest BCUT2D eigenvalue weighted by Gasteiger charge is 2.41. The molecule has 2 aliphatic heterocycles. The van der Waals surface area contributed by atoms with E-state index in [0.717, 1.165) is 21.8 Å². The number of rotatable bonds is 6. The van der Waals surface area contributed by atoms with Crippen LogP contribution < -0.4 is 5.32 Å². The molecule has 0 amide bonds. The van der Waals surface area contributed by atoms with Crippen molar-refractivity contribution in [1.29, 1.82) is 0 Å². The Morgan fingerprint density at radius 3 is 2.56 bits per heavy atom. The predicted octanol–water partition coefficient (Wildman–Crippen LogP) is 2.32. The zero-order valence-corrected chi connectivity index (χ0v) is 17.9. The van der Waals surface area contributed by atoms with Crippen LogP contribution in [0.2, 0.25) is 0 Å². The van der Waals surface area contributed by atoms with Crippen LogP contribution in [0, 0.1) is 0 Å². The number of nitrogens with one attached hydrogen (secondary N) is 1. The molecule has 15 heteroatoms. The van der Waals surface area contributed by atoms with Crippen molar-refractivity contribution in [1.82, 2.24) is 19.2 Å². The van der Waals surface area contributed by atoms with Gasteiger partial charge in [-0.15, -0.1) is 0 Å². The molecule has 2 aliphatic rings. The summed E-state index contributed by atoms with van der Waals surface area (Å²) in [4.78, 5) is 12.6. The number of hydrogen-bond donors (Lipinski definition) is 1. The molecule has 3 heterocycles. The van der Waals surface area contributed by atoms with Gasteiger partial charge in [0.05, 0.1) is 42.5 Å². The fraction of sp³-hybridized carbons (Fsp3) is 0.706. The van der Waals surface area contributed by atoms with E-state index in [1.807, 2.05) is 0 Å². The van der Waals surface area contributed by atoms with Crippen LogP contribution in [-0.4, -0.2) is 84.5 Å². The highest BCUT2D eigenvalue weighted by Crippen LogP contribution is 2.38. The average molecular weight is 488 g/mol. The van der Waals surface area contributed by atoms with Crippen molar-refractivity contribution < 1.29 is 34.8 Å². The smallest absolute Gasteiger partial charge is 0.352 e. The number of aliphatic imine (C=N–C) groups is 1. The molecule has 8 nitrogen and oxygen atoms in total. The highest BCUT2D eigenvalue weighted by molar-refractivity contribution is 7.88. The molecule has 0 saturated carbocycles. The lowest BCUT2D eigenvalue weighted by molar-refractivity contribution is -0.139. The third kappa shape index (κ3) is 5.42. The minimum absolute atomic E-state index is 0.0248. The Kier molecular flexibility index (Phi) is 6.88. The monoisotopic (exact) mass is 488 g/mol. The Labute approximate surface area is 180 Å². The molecule has 0 radical (unpaired) electrons. The Bertz CT molecular complexity index is 959. The maximum Gasteiger partial charge on any atom is 0.419 e. The molecular formula is C17H22F6N6O2S. The number of hydrogen-bond acceptors (Lipinski definition) is 7. The first-order valence-electron chi connectivity index (χ1n) is 9.64. The Morgan fingerprint density at radius 2 is 2.00 bits per heavy atom. The summed E-state index contributed by atoms with van der Waals surface area (Å²) >= 11 is 0. The Hall–Kier alpha value is -2.16. The second-order valence-electron chi connectivity index (χ2n) is 7.70. The molecule has 2 unspecified atom stereocenters. The average Bonchev–Trinajstić information content (AvgIpc) is 3.01. The fourth-order valence-electron chi connectivity index (χ4n) is 3.66. The molecule has 1 N–H and O–H groups in total. The molecule has 0 spiro atoms. The van der Waals surface area contributed by atoms with Crippen LogP contribution in [-0.2, 0) is 16.2 Å². The van der Waals surface area contributed by atoms with Crippen molar-refractivity contribution in [2.24, 2.45) is 4.99 Å². The van der Waals surface area contributed by atoms with Gasteiger partial charge in [0.25, 0.3) is 6.43 Å². The van der Waals surface area contributed by atoms with Gasteiger partial charge in [-0.05, 0) is 13.3 Å². The van der Waals surface area contributed by atoms with E-state index in [9.17, 15) is 34.8 Å². The van der Waals surface area contributed by atoms with Gasteiger partial charge >= 0.3 is 6.18 Å². The summed E-state index contributed by atoms with van der Waals surface area (Å²) in [6.45, 7) is 0.378. The molecule has 1 saturated heterocycles. The van der Waals surface area contributed by atoms with Gasteiger partial charge in [-0.2, -0.15) is 17.5 Å². The van der Waals surface area contributed by atoms with Gasteiger partial charge in [0.15, 0.2) is 0 Å². The molecule has 32 heavy (non-hydrogen) atoms. The van der Waals surface area contributed by atoms with Gasteiger partial charge in [0, 0.05) is 19.3 Å². The quantitative estimate of drug-likeness (QED) is 0.619. The molecule has 1 aromatic heterocycles. The normalized spacial score (nSPS) is 27.3. The van der Waals surface area contributed by atoms with E-state index in [2.05, 4.69) is 20.3 Å². The number of alkyl halides is 6. The van der Waals surface area contributed by atoms with Crippen LogP contribution in [0.25, 0.3) is 0 Å². The number of sulfonamides is 1. The number of anilines is 1. The number of halogens is 6. The van der Waals surface area contributed by atoms with Gasteiger partial charge < -0.3 is 10.2 Å². The summed E-state index contributed by atoms with van der Waals surface area (Å²) in [5, 5.41) is 2.63. The summed E-state index contributed by atoms with van der Waals surface area (Å²) in [5.41, 5.74) is -1.68. The molecule has 1 aromatic rings. The van der Waals surface area contributed by atoms with Gasteiger partial charge in [-0.3, -0.25) is 4.99 Å². The van der Waals surface area contributed by atoms with Gasteiger partial charge in [-0.25, -0.2) is 31.6 Å². The van der Waals surface area contributed by atoms with E-state index >= 15 is 0 Å². The molecule has 0 aliphatic carbocycles. The van der Waals surface area contributed by atoms with E-state index < -0.39 is 71.3 Å². The number of nitrogens with zero attached hydrogens (tertiary/aromatic N) is 5. The predicted molar refractivity (Wildman–Crippen MR) is 104 cm³/mol. The molecular weight excluding hydrogens is 466 g/mol. The molecule has 0 aromatic carbocycles.